The van der Waals surface area contributed by atoms with Gasteiger partial charge in [0.25, 0.3) is 0 Å². The summed E-state index contributed by atoms with van der Waals surface area (Å²) in [4.78, 5) is 0. The average Bonchev–Trinajstić information content (AvgIpc) is 2.58. The van der Waals surface area contributed by atoms with Crippen LogP contribution in [0, 0.1) is 5.92 Å². The summed E-state index contributed by atoms with van der Waals surface area (Å²) in [6.07, 6.45) is 4.47. The molecule has 3 nitrogen and oxygen atoms in total. The Morgan fingerprint density at radius 3 is 2.42 bits per heavy atom. The van der Waals surface area contributed by atoms with Crippen LogP contribution in [0.3, 0.4) is 0 Å². The highest BCUT2D eigenvalue weighted by Gasteiger charge is 2.45. The molecule has 2 aromatic carbocycles. The van der Waals surface area contributed by atoms with Crippen molar-refractivity contribution in [1.29, 1.82) is 0 Å². The maximum absolute atomic E-state index is 5.96. The van der Waals surface area contributed by atoms with Gasteiger partial charge in [-0.3, -0.25) is 0 Å². The van der Waals surface area contributed by atoms with Gasteiger partial charge in [-0.05, 0) is 61.4 Å². The van der Waals surface area contributed by atoms with E-state index in [1.165, 1.54) is 12.0 Å². The minimum absolute atomic E-state index is 0.159. The summed E-state index contributed by atoms with van der Waals surface area (Å²) < 4.78 is 17.0. The van der Waals surface area contributed by atoms with Crippen molar-refractivity contribution in [3.05, 3.63) is 60.2 Å². The van der Waals surface area contributed by atoms with E-state index in [9.17, 15) is 0 Å². The lowest BCUT2D eigenvalue weighted by Gasteiger charge is -2.47. The molecular weight excluding hydrogens is 300 g/mol. The third kappa shape index (κ3) is 3.80. The predicted molar refractivity (Wildman–Crippen MR) is 95.5 cm³/mol. The van der Waals surface area contributed by atoms with E-state index in [4.69, 9.17) is 14.2 Å². The van der Waals surface area contributed by atoms with Crippen LogP contribution < -0.4 is 4.74 Å². The lowest BCUT2D eigenvalue weighted by molar-refractivity contribution is -0.115. The van der Waals surface area contributed by atoms with Crippen molar-refractivity contribution in [1.82, 2.24) is 0 Å². The Bertz CT molecular complexity index is 633. The molecule has 0 unspecified atom stereocenters. The Hall–Kier alpha value is -1.84. The zero-order valence-electron chi connectivity index (χ0n) is 14.5. The van der Waals surface area contributed by atoms with Gasteiger partial charge in [0, 0.05) is 20.8 Å². The molecule has 1 aliphatic carbocycles. The van der Waals surface area contributed by atoms with E-state index in [1.807, 2.05) is 49.6 Å². The monoisotopic (exact) mass is 326 g/mol. The molecule has 3 rings (SSSR count). The predicted octanol–water partition coefficient (Wildman–Crippen LogP) is 5.16. The molecule has 0 aromatic heterocycles. The first-order valence-electron chi connectivity index (χ1n) is 8.63. The fourth-order valence-electron chi connectivity index (χ4n) is 3.58. The van der Waals surface area contributed by atoms with Crippen LogP contribution in [0.2, 0.25) is 0 Å². The molecule has 1 fully saturated rings. The normalized spacial score (nSPS) is 22.8. The van der Waals surface area contributed by atoms with E-state index >= 15 is 0 Å². The van der Waals surface area contributed by atoms with Crippen molar-refractivity contribution in [3.63, 3.8) is 0 Å². The molecule has 0 heterocycles. The van der Waals surface area contributed by atoms with Crippen molar-refractivity contribution >= 4 is 0 Å². The maximum atomic E-state index is 5.96. The number of ether oxygens (including phenoxy) is 3. The molecular formula is C21H26O3. The number of benzene rings is 2. The molecule has 0 amide bonds. The van der Waals surface area contributed by atoms with Crippen molar-refractivity contribution < 1.29 is 14.2 Å². The van der Waals surface area contributed by atoms with E-state index in [0.29, 0.717) is 0 Å². The van der Waals surface area contributed by atoms with Crippen molar-refractivity contribution in [2.75, 3.05) is 20.8 Å². The Kier molecular flexibility index (Phi) is 5.54. The third-order valence-corrected chi connectivity index (χ3v) is 4.93. The van der Waals surface area contributed by atoms with Crippen LogP contribution in [0.1, 0.15) is 31.2 Å². The molecule has 0 bridgehead atoms. The van der Waals surface area contributed by atoms with Crippen LogP contribution in [-0.4, -0.2) is 20.8 Å². The lowest BCUT2D eigenvalue weighted by atomic mass is 9.65. The zero-order valence-corrected chi connectivity index (χ0v) is 14.5. The van der Waals surface area contributed by atoms with Gasteiger partial charge >= 0.3 is 0 Å². The minimum Gasteiger partial charge on any atom is -0.457 e. The number of methoxy groups -OCH3 is 2. The third-order valence-electron chi connectivity index (χ3n) is 4.93. The maximum Gasteiger partial charge on any atom is 0.127 e. The van der Waals surface area contributed by atoms with E-state index < -0.39 is 0 Å². The Balaban J connectivity index is 1.66. The molecule has 0 radical (unpaired) electrons. The standard InChI is InChI=1S/C21H26O3/c1-22-13-7-8-17-15-21(16-17,23-2)18-9-6-12-20(14-18)24-19-10-4-3-5-11-19/h3-6,9-12,14,17H,7-8,13,15-16H2,1-2H3. The molecule has 3 heteroatoms. The van der Waals surface area contributed by atoms with Gasteiger partial charge in [0.15, 0.2) is 0 Å². The van der Waals surface area contributed by atoms with E-state index in [2.05, 4.69) is 12.1 Å². The lowest BCUT2D eigenvalue weighted by Crippen LogP contribution is -2.43. The van der Waals surface area contributed by atoms with Gasteiger partial charge in [0.1, 0.15) is 11.5 Å². The van der Waals surface area contributed by atoms with Gasteiger partial charge in [-0.1, -0.05) is 30.3 Å². The highest BCUT2D eigenvalue weighted by Crippen LogP contribution is 2.50. The van der Waals surface area contributed by atoms with Crippen molar-refractivity contribution in [2.24, 2.45) is 5.92 Å². The van der Waals surface area contributed by atoms with Crippen molar-refractivity contribution in [2.45, 2.75) is 31.3 Å². The first-order chi connectivity index (χ1) is 11.8. The second kappa shape index (κ2) is 7.82. The number of hydrogen-bond acceptors (Lipinski definition) is 3. The number of para-hydroxylation sites is 1. The largest absolute Gasteiger partial charge is 0.457 e. The summed E-state index contributed by atoms with van der Waals surface area (Å²) in [5, 5.41) is 0. The van der Waals surface area contributed by atoms with Gasteiger partial charge in [-0.2, -0.15) is 0 Å². The Morgan fingerprint density at radius 1 is 0.958 bits per heavy atom. The number of hydrogen-bond donors (Lipinski definition) is 0. The fraction of sp³-hybridized carbons (Fsp3) is 0.429. The minimum atomic E-state index is -0.159. The smallest absolute Gasteiger partial charge is 0.127 e. The van der Waals surface area contributed by atoms with Crippen LogP contribution in [0.5, 0.6) is 11.5 Å². The summed E-state index contributed by atoms with van der Waals surface area (Å²) in [5.74, 6) is 2.43. The second-order valence-electron chi connectivity index (χ2n) is 6.55. The number of rotatable bonds is 8. The van der Waals surface area contributed by atoms with E-state index in [-0.39, 0.29) is 5.60 Å². The zero-order chi connectivity index (χ0) is 16.8. The molecule has 128 valence electrons. The quantitative estimate of drug-likeness (QED) is 0.627. The molecule has 0 aliphatic heterocycles. The van der Waals surface area contributed by atoms with E-state index in [0.717, 1.165) is 43.3 Å². The van der Waals surface area contributed by atoms with Crippen LogP contribution in [-0.2, 0) is 15.1 Å². The summed E-state index contributed by atoms with van der Waals surface area (Å²) >= 11 is 0. The SMILES string of the molecule is COCCCC1CC(OC)(c2cccc(Oc3ccccc3)c2)C1. The molecule has 24 heavy (non-hydrogen) atoms. The summed E-state index contributed by atoms with van der Waals surface area (Å²) in [7, 11) is 3.58. The Labute approximate surface area is 144 Å². The molecule has 2 aromatic rings. The first kappa shape index (κ1) is 17.0. The van der Waals surface area contributed by atoms with Gasteiger partial charge in [0.05, 0.1) is 5.60 Å². The van der Waals surface area contributed by atoms with E-state index in [1.54, 1.807) is 7.11 Å². The summed E-state index contributed by atoms with van der Waals surface area (Å²) in [6.45, 7) is 0.844. The fourth-order valence-corrected chi connectivity index (χ4v) is 3.58. The van der Waals surface area contributed by atoms with Gasteiger partial charge < -0.3 is 14.2 Å². The highest BCUT2D eigenvalue weighted by molar-refractivity contribution is 5.37. The molecule has 1 saturated carbocycles. The molecule has 0 N–H and O–H groups in total. The molecule has 0 atom stereocenters. The molecule has 0 spiro atoms. The summed E-state index contributed by atoms with van der Waals surface area (Å²) in [6, 6.07) is 18.2. The van der Waals surface area contributed by atoms with Gasteiger partial charge in [0.2, 0.25) is 0 Å². The van der Waals surface area contributed by atoms with Crippen molar-refractivity contribution in [3.8, 4) is 11.5 Å². The molecule has 0 saturated heterocycles. The average molecular weight is 326 g/mol. The highest BCUT2D eigenvalue weighted by atomic mass is 16.5. The van der Waals surface area contributed by atoms with Crippen LogP contribution in [0.15, 0.2) is 54.6 Å². The van der Waals surface area contributed by atoms with Crippen LogP contribution in [0.25, 0.3) is 0 Å². The van der Waals surface area contributed by atoms with Crippen LogP contribution >= 0.6 is 0 Å². The summed E-state index contributed by atoms with van der Waals surface area (Å²) in [5.41, 5.74) is 1.05. The van der Waals surface area contributed by atoms with Crippen LogP contribution in [0.4, 0.5) is 0 Å². The Morgan fingerprint density at radius 2 is 1.71 bits per heavy atom. The van der Waals surface area contributed by atoms with Gasteiger partial charge in [-0.15, -0.1) is 0 Å². The first-order valence-corrected chi connectivity index (χ1v) is 8.63. The topological polar surface area (TPSA) is 27.7 Å². The molecule has 1 aliphatic rings. The second-order valence-corrected chi connectivity index (χ2v) is 6.55. The van der Waals surface area contributed by atoms with Gasteiger partial charge in [-0.25, -0.2) is 0 Å².